The van der Waals surface area contributed by atoms with Crippen molar-refractivity contribution in [1.82, 2.24) is 5.32 Å². The van der Waals surface area contributed by atoms with Gasteiger partial charge in [0.2, 0.25) is 0 Å². The van der Waals surface area contributed by atoms with Gasteiger partial charge in [-0.2, -0.15) is 13.0 Å². The van der Waals surface area contributed by atoms with Crippen LogP contribution in [-0.4, -0.2) is 6.04 Å². The molecular weight excluding hydrogens is 649 g/mol. The molecule has 0 amide bonds. The molecule has 1 radical (unpaired) electrons. The quantitative estimate of drug-likeness (QED) is 0.320. The number of hydrogen-bond acceptors (Lipinski definition) is 1. The molecule has 1 rings (SSSR count). The van der Waals surface area contributed by atoms with Gasteiger partial charge in [0.15, 0.2) is 0 Å². The summed E-state index contributed by atoms with van der Waals surface area (Å²) in [5.41, 5.74) is 0.305. The third kappa shape index (κ3) is 4.60. The van der Waals surface area contributed by atoms with Gasteiger partial charge in [0, 0.05) is 20.4 Å². The minimum Gasteiger partial charge on any atom is -0.492 e. The van der Waals surface area contributed by atoms with E-state index in [0.29, 0.717) is 11.5 Å². The number of rotatable bonds is 0. The molecule has 1 atom stereocenters. The second-order valence-electron chi connectivity index (χ2n) is 3.45. The standard InChI is InChI=1S/C8H15N.Rb.Re.Rf/c1-6-5-8(3,4)7(2)9-6;;;/h5-6,9H,1-4H3;;;/q-2;+1;;. The summed E-state index contributed by atoms with van der Waals surface area (Å²) in [7, 11) is 0. The maximum Gasteiger partial charge on any atom is 1.00 e. The van der Waals surface area contributed by atoms with Crippen molar-refractivity contribution in [2.75, 3.05) is 0 Å². The van der Waals surface area contributed by atoms with Gasteiger partial charge >= 0.3 is 58.2 Å². The topological polar surface area (TPSA) is 12.0 Å². The van der Waals surface area contributed by atoms with Crippen molar-refractivity contribution in [2.24, 2.45) is 5.41 Å². The van der Waals surface area contributed by atoms with E-state index in [1.165, 1.54) is 6.04 Å². The first kappa shape index (κ1) is 19.1. The normalized spacial score (nSPS) is 26.5. The summed E-state index contributed by atoms with van der Waals surface area (Å²) >= 11 is 0. The molecule has 63 valence electrons. The third-order valence-corrected chi connectivity index (χ3v) is 2.08. The van der Waals surface area contributed by atoms with Crippen molar-refractivity contribution >= 4 is 0 Å². The summed E-state index contributed by atoms with van der Waals surface area (Å²) in [4.78, 5) is 0. The van der Waals surface area contributed by atoms with Gasteiger partial charge in [-0.1, -0.05) is 6.92 Å². The molecule has 1 saturated heterocycles. The van der Waals surface area contributed by atoms with Crippen LogP contribution in [0, 0.1) is 17.9 Å². The predicted molar refractivity (Wildman–Crippen MR) is 39.6 cm³/mol. The van der Waals surface area contributed by atoms with Crippen molar-refractivity contribution in [2.45, 2.75) is 33.7 Å². The van der Waals surface area contributed by atoms with E-state index in [1.54, 1.807) is 0 Å². The maximum absolute atomic E-state index is 3.37. The Kier molecular flexibility index (Phi) is 10.8. The van der Waals surface area contributed by atoms with Crippen molar-refractivity contribution < 1.29 is 78.6 Å². The summed E-state index contributed by atoms with van der Waals surface area (Å²) in [6.07, 6.45) is 2.34. The Hall–Kier alpha value is 1.43. The van der Waals surface area contributed by atoms with Crippen LogP contribution >= 0.6 is 0 Å². The van der Waals surface area contributed by atoms with Gasteiger partial charge in [0.05, 0.1) is 0 Å². The maximum atomic E-state index is 3.37. The van der Waals surface area contributed by atoms with E-state index in [2.05, 4.69) is 39.4 Å². The van der Waals surface area contributed by atoms with E-state index in [0.717, 1.165) is 0 Å². The monoisotopic (exact) mass is 664 g/mol. The fraction of sp³-hybridized carbons (Fsp3) is 0.750. The molecule has 1 aliphatic rings. The van der Waals surface area contributed by atoms with Crippen molar-refractivity contribution in [3.05, 3.63) is 12.5 Å². The second kappa shape index (κ2) is 6.82. The number of hydrogen-bond donors (Lipinski definition) is 1. The van der Waals surface area contributed by atoms with Gasteiger partial charge < -0.3 is 11.7 Å². The molecule has 1 unspecified atom stereocenters. The largest absolute Gasteiger partial charge is 1.00 e. The third-order valence-electron chi connectivity index (χ3n) is 2.08. The predicted octanol–water partition coefficient (Wildman–Crippen LogP) is -1.24. The average Bonchev–Trinajstić information content (AvgIpc) is 1.79. The second-order valence-corrected chi connectivity index (χ2v) is 3.45. The summed E-state index contributed by atoms with van der Waals surface area (Å²) in [5.74, 6) is 0. The van der Waals surface area contributed by atoms with Gasteiger partial charge in [-0.25, -0.2) is 0 Å². The molecule has 1 N–H and O–H groups in total. The van der Waals surface area contributed by atoms with E-state index in [1.807, 2.05) is 0 Å². The van der Waals surface area contributed by atoms with Gasteiger partial charge in [0.1, 0.15) is 0 Å². The molecule has 0 bridgehead atoms. The smallest absolute Gasteiger partial charge is 0.492 e. The molecule has 0 aromatic heterocycles. The first-order valence-electron chi connectivity index (χ1n) is 3.49. The molecule has 0 aromatic carbocycles. The zero-order valence-corrected chi connectivity index (χ0v) is 22.8. The van der Waals surface area contributed by atoms with Gasteiger partial charge in [-0.3, -0.25) is 11.5 Å². The van der Waals surface area contributed by atoms with Gasteiger partial charge in [-0.15, -0.1) is 13.8 Å². The van der Waals surface area contributed by atoms with Crippen LogP contribution in [0.3, 0.4) is 0 Å². The van der Waals surface area contributed by atoms with Crippen LogP contribution < -0.4 is 63.5 Å². The van der Waals surface area contributed by atoms with Crippen LogP contribution in [-0.2, 0) is 20.4 Å². The molecule has 4 heteroatoms. The van der Waals surface area contributed by atoms with Crippen molar-refractivity contribution in [3.8, 4) is 0 Å². The van der Waals surface area contributed by atoms with E-state index < -0.39 is 0 Å². The molecular formula is C8H15NRbReRf-. The average molecular weight is 664 g/mol. The molecule has 1 fully saturated rings. The molecule has 0 saturated carbocycles. The summed E-state index contributed by atoms with van der Waals surface area (Å²) in [5, 5.41) is 3.37. The van der Waals surface area contributed by atoms with Crippen LogP contribution in [0.2, 0.25) is 0 Å². The van der Waals surface area contributed by atoms with Crippen LogP contribution in [0.1, 0.15) is 27.7 Å². The zero-order valence-electron chi connectivity index (χ0n) is 8.74. The Labute approximate surface area is 133 Å². The molecule has 1 nitrogen and oxygen atoms in total. The molecule has 12 heavy (non-hydrogen) atoms. The molecule has 0 aliphatic carbocycles. The first-order valence-corrected chi connectivity index (χ1v) is 3.49. The zero-order chi connectivity index (χ0) is 7.07. The van der Waals surface area contributed by atoms with Crippen molar-refractivity contribution in [3.63, 3.8) is 0 Å². The molecule has 1 heterocycles. The summed E-state index contributed by atoms with van der Waals surface area (Å²) in [6, 6.07) is 1.94. The van der Waals surface area contributed by atoms with Crippen LogP contribution in [0.25, 0.3) is 0 Å². The van der Waals surface area contributed by atoms with E-state index >= 15 is 0 Å². The first-order chi connectivity index (χ1) is 4.02. The Balaban J connectivity index is -0.000000270. The summed E-state index contributed by atoms with van der Waals surface area (Å²) in [6.45, 7) is 8.80. The fourth-order valence-electron chi connectivity index (χ4n) is 1.32. The minimum atomic E-state index is 0. The van der Waals surface area contributed by atoms with Crippen LogP contribution in [0.5, 0.6) is 0 Å². The Morgan fingerprint density at radius 3 is 1.92 bits per heavy atom. The Morgan fingerprint density at radius 1 is 1.42 bits per heavy atom. The molecule has 0 spiro atoms. The molecule has 0 aromatic rings. The van der Waals surface area contributed by atoms with Gasteiger partial charge in [-0.05, 0) is 0 Å². The summed E-state index contributed by atoms with van der Waals surface area (Å²) < 4.78 is 0. The molecule has 1 aliphatic heterocycles. The van der Waals surface area contributed by atoms with Crippen LogP contribution in [0.15, 0.2) is 0 Å². The Bertz CT molecular complexity index is 122. The van der Waals surface area contributed by atoms with E-state index in [4.69, 9.17) is 0 Å². The fourth-order valence-corrected chi connectivity index (χ4v) is 1.32. The SMILES string of the molecule is C[C-]1NC(C)[CH-]C1(C)C.[Rb+].[Re].[Rf]. The van der Waals surface area contributed by atoms with E-state index in [-0.39, 0.29) is 78.6 Å². The minimum absolute atomic E-state index is 0. The Morgan fingerprint density at radius 2 is 1.83 bits per heavy atom. The van der Waals surface area contributed by atoms with E-state index in [9.17, 15) is 0 Å². The van der Waals surface area contributed by atoms with Crippen molar-refractivity contribution in [1.29, 1.82) is 0 Å². The number of nitrogens with one attached hydrogen (secondary N) is 1. The van der Waals surface area contributed by atoms with Gasteiger partial charge in [0.25, 0.3) is 0 Å². The van der Waals surface area contributed by atoms with Crippen LogP contribution in [0.4, 0.5) is 0 Å².